The van der Waals surface area contributed by atoms with E-state index in [0.29, 0.717) is 18.3 Å². The van der Waals surface area contributed by atoms with E-state index < -0.39 is 0 Å². The monoisotopic (exact) mass is 358 g/mol. The first-order valence-corrected chi connectivity index (χ1v) is 8.92. The lowest BCUT2D eigenvalue weighted by Gasteiger charge is -2.32. The molecule has 1 fully saturated rings. The van der Waals surface area contributed by atoms with Gasteiger partial charge in [-0.05, 0) is 31.5 Å². The van der Waals surface area contributed by atoms with Crippen molar-refractivity contribution in [2.24, 2.45) is 5.92 Å². The summed E-state index contributed by atoms with van der Waals surface area (Å²) in [7, 11) is 3.16. The maximum Gasteiger partial charge on any atom is 0.223 e. The number of likely N-dealkylation sites (tertiary alicyclic amines) is 1. The standard InChI is InChI=1S/C20H26N2O4/c1-24-17-6-3-7-18(10-17)26-14-15-5-4-8-22(12-15)13-16-9-19(23)20(25-2)11-21-16/h3,6-7,9-11,15H,4-5,8,12-14H2,1-2H3,(H,21,23). The van der Waals surface area contributed by atoms with Crippen molar-refractivity contribution in [3.05, 3.63) is 52.4 Å². The van der Waals surface area contributed by atoms with Crippen molar-refractivity contribution in [3.63, 3.8) is 0 Å². The molecule has 1 atom stereocenters. The first-order valence-electron chi connectivity index (χ1n) is 8.92. The van der Waals surface area contributed by atoms with E-state index in [-0.39, 0.29) is 5.43 Å². The number of nitrogens with zero attached hydrogens (tertiary/aromatic N) is 1. The molecule has 3 rings (SSSR count). The number of nitrogens with one attached hydrogen (secondary N) is 1. The minimum atomic E-state index is -0.0869. The second kappa shape index (κ2) is 8.76. The Bertz CT molecular complexity index is 774. The Morgan fingerprint density at radius 1 is 1.19 bits per heavy atom. The van der Waals surface area contributed by atoms with Crippen molar-refractivity contribution >= 4 is 0 Å². The van der Waals surface area contributed by atoms with E-state index in [1.54, 1.807) is 19.4 Å². The third kappa shape index (κ3) is 4.79. The van der Waals surface area contributed by atoms with Crippen LogP contribution in [0.2, 0.25) is 0 Å². The lowest BCUT2D eigenvalue weighted by molar-refractivity contribution is 0.124. The van der Waals surface area contributed by atoms with Gasteiger partial charge in [0.25, 0.3) is 0 Å². The number of ether oxygens (including phenoxy) is 3. The molecule has 26 heavy (non-hydrogen) atoms. The Hall–Kier alpha value is -2.47. The number of pyridine rings is 1. The molecule has 1 aromatic heterocycles. The third-order valence-corrected chi connectivity index (χ3v) is 4.68. The first-order chi connectivity index (χ1) is 12.7. The summed E-state index contributed by atoms with van der Waals surface area (Å²) >= 11 is 0. The molecule has 1 unspecified atom stereocenters. The van der Waals surface area contributed by atoms with Gasteiger partial charge in [0.2, 0.25) is 5.43 Å². The molecule has 1 aromatic carbocycles. The fourth-order valence-corrected chi connectivity index (χ4v) is 3.33. The van der Waals surface area contributed by atoms with Crippen LogP contribution in [0, 0.1) is 5.92 Å². The fourth-order valence-electron chi connectivity index (χ4n) is 3.33. The van der Waals surface area contributed by atoms with Gasteiger partial charge in [0.1, 0.15) is 11.5 Å². The lowest BCUT2D eigenvalue weighted by atomic mass is 9.99. The number of hydrogen-bond acceptors (Lipinski definition) is 5. The molecule has 6 heteroatoms. The van der Waals surface area contributed by atoms with Crippen LogP contribution in [0.3, 0.4) is 0 Å². The zero-order chi connectivity index (χ0) is 18.4. The van der Waals surface area contributed by atoms with Crippen LogP contribution in [0.1, 0.15) is 18.5 Å². The molecule has 1 saturated heterocycles. The van der Waals surface area contributed by atoms with Crippen molar-refractivity contribution in [3.8, 4) is 17.2 Å². The van der Waals surface area contributed by atoms with Crippen molar-refractivity contribution in [1.29, 1.82) is 0 Å². The van der Waals surface area contributed by atoms with E-state index in [9.17, 15) is 4.79 Å². The summed E-state index contributed by atoms with van der Waals surface area (Å²) in [5, 5.41) is 0. The maximum absolute atomic E-state index is 11.9. The second-order valence-electron chi connectivity index (χ2n) is 6.62. The van der Waals surface area contributed by atoms with Gasteiger partial charge in [0.05, 0.1) is 20.8 Å². The van der Waals surface area contributed by atoms with E-state index in [0.717, 1.165) is 49.7 Å². The Morgan fingerprint density at radius 2 is 2.04 bits per heavy atom. The van der Waals surface area contributed by atoms with E-state index in [1.165, 1.54) is 7.11 Å². The zero-order valence-corrected chi connectivity index (χ0v) is 15.4. The molecule has 1 aliphatic heterocycles. The highest BCUT2D eigenvalue weighted by atomic mass is 16.5. The Morgan fingerprint density at radius 3 is 2.81 bits per heavy atom. The van der Waals surface area contributed by atoms with E-state index in [1.807, 2.05) is 24.3 Å². The van der Waals surface area contributed by atoms with Gasteiger partial charge in [0.15, 0.2) is 5.75 Å². The average Bonchev–Trinajstić information content (AvgIpc) is 2.67. The van der Waals surface area contributed by atoms with Crippen LogP contribution < -0.4 is 19.6 Å². The van der Waals surface area contributed by atoms with Gasteiger partial charge in [-0.15, -0.1) is 0 Å². The van der Waals surface area contributed by atoms with Crippen LogP contribution in [0.15, 0.2) is 41.3 Å². The maximum atomic E-state index is 11.9. The van der Waals surface area contributed by atoms with E-state index in [4.69, 9.17) is 14.2 Å². The highest BCUT2D eigenvalue weighted by molar-refractivity contribution is 5.32. The summed E-state index contributed by atoms with van der Waals surface area (Å²) < 4.78 is 16.2. The van der Waals surface area contributed by atoms with Gasteiger partial charge in [0, 0.05) is 43.0 Å². The Kier molecular flexibility index (Phi) is 6.17. The van der Waals surface area contributed by atoms with Crippen molar-refractivity contribution in [1.82, 2.24) is 9.88 Å². The molecule has 0 aliphatic carbocycles. The van der Waals surface area contributed by atoms with Gasteiger partial charge in [-0.3, -0.25) is 9.69 Å². The van der Waals surface area contributed by atoms with Crippen LogP contribution >= 0.6 is 0 Å². The summed E-state index contributed by atoms with van der Waals surface area (Å²) in [5.74, 6) is 2.45. The van der Waals surface area contributed by atoms with Crippen LogP contribution in [-0.4, -0.2) is 43.8 Å². The van der Waals surface area contributed by atoms with Crippen molar-refractivity contribution in [2.75, 3.05) is 33.9 Å². The minimum absolute atomic E-state index is 0.0869. The smallest absolute Gasteiger partial charge is 0.223 e. The number of piperidine rings is 1. The summed E-state index contributed by atoms with van der Waals surface area (Å²) in [6.45, 7) is 3.40. The molecule has 2 aromatic rings. The molecule has 0 saturated carbocycles. The number of methoxy groups -OCH3 is 2. The van der Waals surface area contributed by atoms with E-state index in [2.05, 4.69) is 9.88 Å². The molecule has 0 spiro atoms. The summed E-state index contributed by atoms with van der Waals surface area (Å²) in [4.78, 5) is 17.4. The van der Waals surface area contributed by atoms with Gasteiger partial charge >= 0.3 is 0 Å². The number of aromatic amines is 1. The molecule has 0 radical (unpaired) electrons. The number of H-pyrrole nitrogens is 1. The number of hydrogen-bond donors (Lipinski definition) is 1. The quantitative estimate of drug-likeness (QED) is 0.824. The van der Waals surface area contributed by atoms with Crippen molar-refractivity contribution < 1.29 is 14.2 Å². The Labute approximate surface area is 153 Å². The number of rotatable bonds is 7. The van der Waals surface area contributed by atoms with Crippen LogP contribution in [-0.2, 0) is 6.54 Å². The number of aromatic nitrogens is 1. The zero-order valence-electron chi connectivity index (χ0n) is 15.4. The molecule has 0 bridgehead atoms. The molecule has 6 nitrogen and oxygen atoms in total. The Balaban J connectivity index is 1.53. The average molecular weight is 358 g/mol. The molecule has 1 N–H and O–H groups in total. The van der Waals surface area contributed by atoms with Crippen LogP contribution in [0.25, 0.3) is 0 Å². The highest BCUT2D eigenvalue weighted by Gasteiger charge is 2.21. The molecule has 0 amide bonds. The summed E-state index contributed by atoms with van der Waals surface area (Å²) in [6, 6.07) is 9.31. The lowest BCUT2D eigenvalue weighted by Crippen LogP contribution is -2.37. The van der Waals surface area contributed by atoms with Crippen LogP contribution in [0.5, 0.6) is 17.2 Å². The normalized spacial score (nSPS) is 17.7. The second-order valence-corrected chi connectivity index (χ2v) is 6.62. The largest absolute Gasteiger partial charge is 0.497 e. The predicted octanol–water partition coefficient (Wildman–Crippen LogP) is 2.68. The van der Waals surface area contributed by atoms with Gasteiger partial charge < -0.3 is 19.2 Å². The topological polar surface area (TPSA) is 63.8 Å². The SMILES string of the molecule is COc1cccc(OCC2CCCN(Cc3cc(=O)c(OC)c[nH]3)C2)c1. The molecular formula is C20H26N2O4. The fraction of sp³-hybridized carbons (Fsp3) is 0.450. The predicted molar refractivity (Wildman–Crippen MR) is 100 cm³/mol. The summed E-state index contributed by atoms with van der Waals surface area (Å²) in [5.41, 5.74) is 0.821. The minimum Gasteiger partial charge on any atom is -0.497 e. The summed E-state index contributed by atoms with van der Waals surface area (Å²) in [6.07, 6.45) is 3.91. The van der Waals surface area contributed by atoms with E-state index >= 15 is 0 Å². The first kappa shape index (κ1) is 18.3. The molecule has 2 heterocycles. The van der Waals surface area contributed by atoms with Gasteiger partial charge in [-0.25, -0.2) is 0 Å². The van der Waals surface area contributed by atoms with Crippen molar-refractivity contribution in [2.45, 2.75) is 19.4 Å². The highest BCUT2D eigenvalue weighted by Crippen LogP contribution is 2.22. The van der Waals surface area contributed by atoms with Crippen LogP contribution in [0.4, 0.5) is 0 Å². The molecular weight excluding hydrogens is 332 g/mol. The van der Waals surface area contributed by atoms with Gasteiger partial charge in [-0.1, -0.05) is 6.07 Å². The number of benzene rings is 1. The molecule has 140 valence electrons. The third-order valence-electron chi connectivity index (χ3n) is 4.68. The molecule has 1 aliphatic rings. The van der Waals surface area contributed by atoms with Gasteiger partial charge in [-0.2, -0.15) is 0 Å².